The van der Waals surface area contributed by atoms with Crippen molar-refractivity contribution < 1.29 is 0 Å². The minimum absolute atomic E-state index is 0.231. The van der Waals surface area contributed by atoms with Crippen molar-refractivity contribution in [2.75, 3.05) is 0 Å². The molecule has 3 nitrogen and oxygen atoms in total. The third-order valence-corrected chi connectivity index (χ3v) is 11.6. The van der Waals surface area contributed by atoms with Crippen molar-refractivity contribution in [2.45, 2.75) is 12.5 Å². The van der Waals surface area contributed by atoms with Gasteiger partial charge in [-0.15, -0.1) is 11.3 Å². The number of nitrogens with zero attached hydrogens (tertiary/aromatic N) is 3. The van der Waals surface area contributed by atoms with Crippen molar-refractivity contribution >= 4 is 85.9 Å². The molecule has 0 bridgehead atoms. The van der Waals surface area contributed by atoms with E-state index in [2.05, 4.69) is 167 Å². The van der Waals surface area contributed by atoms with Crippen molar-refractivity contribution in [3.05, 3.63) is 158 Å². The summed E-state index contributed by atoms with van der Waals surface area (Å²) in [5.41, 5.74) is 6.96. The number of para-hydroxylation sites is 3. The SMILES string of the molecule is C1=CCC(n2c(-c3ccc(-n4c5ccccc5c5c6ccccc6c6c(sc7ccc8ccccc8c76)c54)cc3)nc3ccccc32)C=C1. The van der Waals surface area contributed by atoms with Gasteiger partial charge in [0.2, 0.25) is 0 Å². The van der Waals surface area contributed by atoms with Crippen LogP contribution in [0.1, 0.15) is 12.5 Å². The van der Waals surface area contributed by atoms with Crippen LogP contribution in [0.5, 0.6) is 0 Å². The lowest BCUT2D eigenvalue weighted by Gasteiger charge is -2.19. The van der Waals surface area contributed by atoms with Crippen LogP contribution in [0.2, 0.25) is 0 Å². The van der Waals surface area contributed by atoms with Crippen LogP contribution in [0.3, 0.4) is 0 Å². The van der Waals surface area contributed by atoms with Crippen molar-refractivity contribution in [1.29, 1.82) is 0 Å². The Kier molecular flexibility index (Phi) is 5.66. The lowest BCUT2D eigenvalue weighted by molar-refractivity contribution is 0.631. The molecule has 0 amide bonds. The first-order valence-corrected chi connectivity index (χ1v) is 17.7. The summed E-state index contributed by atoms with van der Waals surface area (Å²) < 4.78 is 7.56. The lowest BCUT2D eigenvalue weighted by atomic mass is 9.96. The number of benzene rings is 7. The molecule has 0 aliphatic heterocycles. The average Bonchev–Trinajstić information content (AvgIpc) is 3.86. The summed E-state index contributed by atoms with van der Waals surface area (Å²) in [4.78, 5) is 5.17. The van der Waals surface area contributed by atoms with E-state index in [9.17, 15) is 0 Å². The van der Waals surface area contributed by atoms with Crippen molar-refractivity contribution in [1.82, 2.24) is 14.1 Å². The number of thiophene rings is 1. The first-order chi connectivity index (χ1) is 24.3. The second-order valence-corrected chi connectivity index (χ2v) is 14.1. The Bertz CT molecular complexity index is 3020. The third-order valence-electron chi connectivity index (χ3n) is 10.4. The van der Waals surface area contributed by atoms with Gasteiger partial charge in [-0.05, 0) is 76.5 Å². The summed E-state index contributed by atoms with van der Waals surface area (Å²) in [6.45, 7) is 0. The minimum atomic E-state index is 0.231. The maximum Gasteiger partial charge on any atom is 0.141 e. The van der Waals surface area contributed by atoms with E-state index in [1.807, 2.05) is 11.3 Å². The van der Waals surface area contributed by atoms with Gasteiger partial charge in [0.1, 0.15) is 5.82 Å². The molecule has 0 fully saturated rings. The number of allylic oxidation sites excluding steroid dienone is 4. The topological polar surface area (TPSA) is 22.8 Å². The molecule has 3 aromatic heterocycles. The van der Waals surface area contributed by atoms with Crippen LogP contribution in [0, 0.1) is 0 Å². The van der Waals surface area contributed by atoms with Crippen LogP contribution in [0.4, 0.5) is 0 Å². The zero-order chi connectivity index (χ0) is 32.1. The highest BCUT2D eigenvalue weighted by molar-refractivity contribution is 7.27. The maximum atomic E-state index is 5.17. The molecule has 49 heavy (non-hydrogen) atoms. The number of hydrogen-bond donors (Lipinski definition) is 0. The standard InChI is InChI=1S/C45H29N3S/c1-2-13-30(14-3-1)48-38-21-11-9-19-36(38)46-45(48)29-22-25-31(26-23-29)47-37-20-10-8-18-35(37)40-33-16-6-7-17-34(33)42-41-32-15-5-4-12-28(32)24-27-39(41)49-44(42)43(40)47/h1-13,15-27,30H,14H2. The molecule has 0 spiro atoms. The smallest absolute Gasteiger partial charge is 0.141 e. The van der Waals surface area contributed by atoms with E-state index in [4.69, 9.17) is 4.98 Å². The van der Waals surface area contributed by atoms with Gasteiger partial charge in [-0.25, -0.2) is 4.98 Å². The first-order valence-electron chi connectivity index (χ1n) is 16.9. The van der Waals surface area contributed by atoms with Gasteiger partial charge in [-0.1, -0.05) is 109 Å². The summed E-state index contributed by atoms with van der Waals surface area (Å²) >= 11 is 1.92. The molecular weight excluding hydrogens is 615 g/mol. The van der Waals surface area contributed by atoms with Gasteiger partial charge >= 0.3 is 0 Å². The van der Waals surface area contributed by atoms with Crippen LogP contribution in [-0.2, 0) is 0 Å². The minimum Gasteiger partial charge on any atom is -0.317 e. The highest BCUT2D eigenvalue weighted by Crippen LogP contribution is 2.49. The van der Waals surface area contributed by atoms with E-state index in [0.29, 0.717) is 0 Å². The zero-order valence-corrected chi connectivity index (χ0v) is 27.4. The third kappa shape index (κ3) is 3.81. The molecule has 3 heterocycles. The van der Waals surface area contributed by atoms with E-state index in [-0.39, 0.29) is 6.04 Å². The predicted octanol–water partition coefficient (Wildman–Crippen LogP) is 12.5. The molecule has 0 saturated heterocycles. The molecule has 1 atom stereocenters. The number of imidazole rings is 1. The Morgan fingerprint density at radius 3 is 2.12 bits per heavy atom. The molecular formula is C45H29N3S. The molecule has 230 valence electrons. The Morgan fingerprint density at radius 2 is 1.31 bits per heavy atom. The number of hydrogen-bond acceptors (Lipinski definition) is 2. The largest absolute Gasteiger partial charge is 0.317 e. The maximum absolute atomic E-state index is 5.17. The molecule has 4 heteroatoms. The molecule has 0 saturated carbocycles. The van der Waals surface area contributed by atoms with Crippen LogP contribution < -0.4 is 0 Å². The van der Waals surface area contributed by atoms with E-state index >= 15 is 0 Å². The Labute approximate surface area is 286 Å². The van der Waals surface area contributed by atoms with E-state index in [1.165, 1.54) is 69.0 Å². The van der Waals surface area contributed by atoms with Gasteiger partial charge in [0.15, 0.2) is 0 Å². The molecule has 1 aliphatic rings. The highest BCUT2D eigenvalue weighted by atomic mass is 32.1. The van der Waals surface area contributed by atoms with Crippen LogP contribution in [0.25, 0.3) is 91.6 Å². The normalized spacial score (nSPS) is 14.9. The second-order valence-electron chi connectivity index (χ2n) is 13.0. The van der Waals surface area contributed by atoms with Gasteiger partial charge in [-0.3, -0.25) is 0 Å². The monoisotopic (exact) mass is 643 g/mol. The van der Waals surface area contributed by atoms with Crippen molar-refractivity contribution in [2.24, 2.45) is 0 Å². The van der Waals surface area contributed by atoms with Gasteiger partial charge in [0.25, 0.3) is 0 Å². The fourth-order valence-electron chi connectivity index (χ4n) is 8.31. The first kappa shape index (κ1) is 27.0. The quantitative estimate of drug-likeness (QED) is 0.188. The van der Waals surface area contributed by atoms with Crippen molar-refractivity contribution in [3.63, 3.8) is 0 Å². The van der Waals surface area contributed by atoms with Gasteiger partial charge < -0.3 is 9.13 Å². The van der Waals surface area contributed by atoms with Crippen LogP contribution in [0.15, 0.2) is 158 Å². The highest BCUT2D eigenvalue weighted by Gasteiger charge is 2.23. The van der Waals surface area contributed by atoms with E-state index < -0.39 is 0 Å². The summed E-state index contributed by atoms with van der Waals surface area (Å²) in [6.07, 6.45) is 9.77. The zero-order valence-electron chi connectivity index (χ0n) is 26.5. The van der Waals surface area contributed by atoms with Gasteiger partial charge in [0.05, 0.1) is 32.8 Å². The van der Waals surface area contributed by atoms with E-state index in [1.54, 1.807) is 0 Å². The Morgan fingerprint density at radius 1 is 0.592 bits per heavy atom. The van der Waals surface area contributed by atoms with Gasteiger partial charge in [0, 0.05) is 37.5 Å². The summed E-state index contributed by atoms with van der Waals surface area (Å²) in [5, 5.41) is 10.5. The van der Waals surface area contributed by atoms with Gasteiger partial charge in [-0.2, -0.15) is 0 Å². The Balaban J connectivity index is 1.21. The molecule has 11 rings (SSSR count). The summed E-state index contributed by atoms with van der Waals surface area (Å²) in [7, 11) is 0. The molecule has 7 aromatic carbocycles. The summed E-state index contributed by atoms with van der Waals surface area (Å²) in [6, 6.07) is 49.1. The molecule has 1 unspecified atom stereocenters. The van der Waals surface area contributed by atoms with Crippen LogP contribution >= 0.6 is 11.3 Å². The molecule has 0 radical (unpaired) electrons. The van der Waals surface area contributed by atoms with Crippen molar-refractivity contribution in [3.8, 4) is 17.1 Å². The summed E-state index contributed by atoms with van der Waals surface area (Å²) in [5.74, 6) is 1.00. The molecule has 1 aliphatic carbocycles. The number of aromatic nitrogens is 3. The fourth-order valence-corrected chi connectivity index (χ4v) is 9.58. The van der Waals surface area contributed by atoms with E-state index in [0.717, 1.165) is 29.0 Å². The molecule has 10 aromatic rings. The number of rotatable bonds is 3. The second kappa shape index (κ2) is 10.3. The Hall–Kier alpha value is -5.97. The molecule has 0 N–H and O–H groups in total. The predicted molar refractivity (Wildman–Crippen MR) is 209 cm³/mol. The average molecular weight is 644 g/mol. The lowest BCUT2D eigenvalue weighted by Crippen LogP contribution is -2.09. The fraction of sp³-hybridized carbons (Fsp3) is 0.0444. The van der Waals surface area contributed by atoms with Crippen LogP contribution in [-0.4, -0.2) is 14.1 Å². The number of fused-ring (bicyclic) bond motifs is 13.